The van der Waals surface area contributed by atoms with E-state index in [4.69, 9.17) is 11.6 Å². The van der Waals surface area contributed by atoms with E-state index in [-0.39, 0.29) is 11.5 Å². The van der Waals surface area contributed by atoms with Gasteiger partial charge < -0.3 is 5.11 Å². The lowest BCUT2D eigenvalue weighted by Crippen LogP contribution is -2.12. The average molecular weight is 400 g/mol. The molecule has 1 fully saturated rings. The maximum atomic E-state index is 13.6. The molecule has 144 valence electrons. The fraction of sp³-hybridized carbons (Fsp3) is 0.368. The number of nitrogens with zero attached hydrogens (tertiary/aromatic N) is 1. The molecule has 1 saturated carbocycles. The number of phenols is 1. The predicted octanol–water partition coefficient (Wildman–Crippen LogP) is 6.69. The Kier molecular flexibility index (Phi) is 5.33. The topological polar surface area (TPSA) is 63.4 Å². The maximum absolute atomic E-state index is 13.6. The molecule has 8 heteroatoms. The first-order chi connectivity index (χ1) is 12.7. The van der Waals surface area contributed by atoms with Crippen LogP contribution in [0.2, 0.25) is 5.02 Å². The number of benzene rings is 2. The van der Waals surface area contributed by atoms with E-state index in [0.717, 1.165) is 32.1 Å². The second kappa shape index (κ2) is 7.38. The van der Waals surface area contributed by atoms with Gasteiger partial charge in [0.1, 0.15) is 0 Å². The number of aromatic hydroxyl groups is 1. The Morgan fingerprint density at radius 3 is 2.37 bits per heavy atom. The Balaban J connectivity index is 2.33. The third-order valence-electron chi connectivity index (χ3n) is 4.97. The number of hydrogen-bond donors (Lipinski definition) is 1. The van der Waals surface area contributed by atoms with E-state index in [2.05, 4.69) is 0 Å². The average Bonchev–Trinajstić information content (AvgIpc) is 2.60. The summed E-state index contributed by atoms with van der Waals surface area (Å²) in [5.41, 5.74) is -2.04. The van der Waals surface area contributed by atoms with Crippen molar-refractivity contribution in [3.8, 4) is 16.9 Å². The zero-order chi connectivity index (χ0) is 19.8. The highest BCUT2D eigenvalue weighted by molar-refractivity contribution is 6.30. The van der Waals surface area contributed by atoms with Crippen molar-refractivity contribution in [2.24, 2.45) is 0 Å². The number of nitro benzene ring substituents is 1. The summed E-state index contributed by atoms with van der Waals surface area (Å²) in [6, 6.07) is 5.76. The van der Waals surface area contributed by atoms with Crippen LogP contribution in [0.1, 0.15) is 49.1 Å². The van der Waals surface area contributed by atoms with Gasteiger partial charge in [0.05, 0.1) is 16.1 Å². The van der Waals surface area contributed by atoms with Crippen molar-refractivity contribution in [3.63, 3.8) is 0 Å². The molecule has 0 unspecified atom stereocenters. The lowest BCUT2D eigenvalue weighted by Gasteiger charge is -2.25. The minimum absolute atomic E-state index is 0.0320. The number of alkyl halides is 3. The smallest absolute Gasteiger partial charge is 0.417 e. The number of hydrogen-bond acceptors (Lipinski definition) is 3. The molecule has 1 N–H and O–H groups in total. The molecule has 1 aliphatic carbocycles. The number of rotatable bonds is 3. The Bertz CT molecular complexity index is 877. The van der Waals surface area contributed by atoms with Crippen LogP contribution in [0, 0.1) is 10.1 Å². The Morgan fingerprint density at radius 1 is 1.11 bits per heavy atom. The van der Waals surface area contributed by atoms with Crippen molar-refractivity contribution in [3.05, 3.63) is 56.6 Å². The zero-order valence-corrected chi connectivity index (χ0v) is 15.0. The molecule has 27 heavy (non-hydrogen) atoms. The quantitative estimate of drug-likeness (QED) is 0.462. The highest BCUT2D eigenvalue weighted by Crippen LogP contribution is 2.49. The molecular weight excluding hydrogens is 383 g/mol. The number of nitro groups is 1. The van der Waals surface area contributed by atoms with Gasteiger partial charge in [0, 0.05) is 5.02 Å². The van der Waals surface area contributed by atoms with Crippen LogP contribution in [0.4, 0.5) is 18.9 Å². The summed E-state index contributed by atoms with van der Waals surface area (Å²) in [6.07, 6.45) is -0.331. The summed E-state index contributed by atoms with van der Waals surface area (Å²) < 4.78 is 40.9. The van der Waals surface area contributed by atoms with Crippen LogP contribution in [-0.4, -0.2) is 10.0 Å². The molecule has 0 bridgehead atoms. The first-order valence-corrected chi connectivity index (χ1v) is 8.95. The fourth-order valence-corrected chi connectivity index (χ4v) is 3.97. The molecule has 0 spiro atoms. The minimum Gasteiger partial charge on any atom is -0.502 e. The Hall–Kier alpha value is -2.28. The first-order valence-electron chi connectivity index (χ1n) is 8.57. The van der Waals surface area contributed by atoms with Crippen molar-refractivity contribution in [2.45, 2.75) is 44.2 Å². The lowest BCUT2D eigenvalue weighted by molar-refractivity contribution is -0.385. The van der Waals surface area contributed by atoms with E-state index in [0.29, 0.717) is 22.7 Å². The van der Waals surface area contributed by atoms with E-state index in [1.807, 2.05) is 0 Å². The van der Waals surface area contributed by atoms with Gasteiger partial charge in [0.2, 0.25) is 0 Å². The van der Waals surface area contributed by atoms with Crippen molar-refractivity contribution >= 4 is 17.3 Å². The molecule has 2 aromatic rings. The molecule has 3 rings (SSSR count). The van der Waals surface area contributed by atoms with Gasteiger partial charge in [-0.1, -0.05) is 36.9 Å². The van der Waals surface area contributed by atoms with Crippen molar-refractivity contribution in [1.82, 2.24) is 0 Å². The monoisotopic (exact) mass is 399 g/mol. The Morgan fingerprint density at radius 2 is 1.78 bits per heavy atom. The van der Waals surface area contributed by atoms with Crippen LogP contribution in [-0.2, 0) is 6.18 Å². The summed E-state index contributed by atoms with van der Waals surface area (Å²) in [6.45, 7) is 0. The van der Waals surface area contributed by atoms with Gasteiger partial charge in [-0.05, 0) is 54.2 Å². The molecule has 0 heterocycles. The van der Waals surface area contributed by atoms with Crippen LogP contribution in [0.25, 0.3) is 11.1 Å². The molecule has 0 amide bonds. The van der Waals surface area contributed by atoms with Gasteiger partial charge >= 0.3 is 11.9 Å². The normalized spacial score (nSPS) is 15.7. The number of halogens is 4. The van der Waals surface area contributed by atoms with Gasteiger partial charge in [-0.3, -0.25) is 10.1 Å². The molecule has 2 aromatic carbocycles. The van der Waals surface area contributed by atoms with E-state index >= 15 is 0 Å². The summed E-state index contributed by atoms with van der Waals surface area (Å²) in [5.74, 6) is -0.831. The third kappa shape index (κ3) is 3.88. The molecule has 0 atom stereocenters. The highest BCUT2D eigenvalue weighted by atomic mass is 35.5. The van der Waals surface area contributed by atoms with Gasteiger partial charge in [-0.2, -0.15) is 13.2 Å². The zero-order valence-electron chi connectivity index (χ0n) is 14.2. The number of phenolic OH excluding ortho intramolecular Hbond substituents is 1. The summed E-state index contributed by atoms with van der Waals surface area (Å²) in [7, 11) is 0. The predicted molar refractivity (Wildman–Crippen MR) is 96.0 cm³/mol. The van der Waals surface area contributed by atoms with Crippen molar-refractivity contribution in [1.29, 1.82) is 0 Å². The summed E-state index contributed by atoms with van der Waals surface area (Å²) in [5, 5.41) is 21.8. The Labute approximate surface area is 158 Å². The standard InChI is InChI=1S/C19H17ClF3NO3/c20-12-6-7-13(14(10-12)11-4-2-1-3-5-11)17-15(19(21,22)23)8-9-16(25)18(17)24(26)27/h6-11,25H,1-5H2. The molecule has 1 aliphatic rings. The third-order valence-corrected chi connectivity index (χ3v) is 5.21. The molecule has 0 radical (unpaired) electrons. The summed E-state index contributed by atoms with van der Waals surface area (Å²) >= 11 is 6.08. The molecular formula is C19H17ClF3NO3. The SMILES string of the molecule is O=[N+]([O-])c1c(O)ccc(C(F)(F)F)c1-c1ccc(Cl)cc1C1CCCCC1. The highest BCUT2D eigenvalue weighted by Gasteiger charge is 2.40. The summed E-state index contributed by atoms with van der Waals surface area (Å²) in [4.78, 5) is 10.5. The largest absolute Gasteiger partial charge is 0.502 e. The van der Waals surface area contributed by atoms with E-state index < -0.39 is 33.7 Å². The van der Waals surface area contributed by atoms with Crippen LogP contribution < -0.4 is 0 Å². The minimum atomic E-state index is -4.81. The molecule has 4 nitrogen and oxygen atoms in total. The van der Waals surface area contributed by atoms with Gasteiger partial charge in [0.25, 0.3) is 0 Å². The molecule has 0 aromatic heterocycles. The van der Waals surface area contributed by atoms with Crippen molar-refractivity contribution in [2.75, 3.05) is 0 Å². The van der Waals surface area contributed by atoms with Crippen LogP contribution in [0.15, 0.2) is 30.3 Å². The van der Waals surface area contributed by atoms with Gasteiger partial charge in [-0.15, -0.1) is 0 Å². The molecule has 0 aliphatic heterocycles. The maximum Gasteiger partial charge on any atom is 0.417 e. The van der Waals surface area contributed by atoms with Gasteiger partial charge in [0.15, 0.2) is 5.75 Å². The molecule has 0 saturated heterocycles. The fourth-order valence-electron chi connectivity index (χ4n) is 3.79. The van der Waals surface area contributed by atoms with Crippen molar-refractivity contribution < 1.29 is 23.2 Å². The van der Waals surface area contributed by atoms with Crippen LogP contribution in [0.5, 0.6) is 5.75 Å². The van der Waals surface area contributed by atoms with Crippen LogP contribution >= 0.6 is 11.6 Å². The van der Waals surface area contributed by atoms with Crippen LogP contribution in [0.3, 0.4) is 0 Å². The van der Waals surface area contributed by atoms with Gasteiger partial charge in [-0.25, -0.2) is 0 Å². The first kappa shape index (κ1) is 19.5. The lowest BCUT2D eigenvalue weighted by atomic mass is 9.80. The van der Waals surface area contributed by atoms with E-state index in [9.17, 15) is 28.4 Å². The second-order valence-electron chi connectivity index (χ2n) is 6.68. The van der Waals surface area contributed by atoms with E-state index in [1.165, 1.54) is 12.1 Å². The van der Waals surface area contributed by atoms with E-state index in [1.54, 1.807) is 6.07 Å². The second-order valence-corrected chi connectivity index (χ2v) is 7.11.